The van der Waals surface area contributed by atoms with Gasteiger partial charge in [0.1, 0.15) is 5.82 Å². The molecule has 3 aromatic rings. The van der Waals surface area contributed by atoms with E-state index in [-0.39, 0.29) is 5.92 Å². The van der Waals surface area contributed by atoms with Crippen molar-refractivity contribution in [2.24, 2.45) is 5.92 Å². The van der Waals surface area contributed by atoms with E-state index < -0.39 is 12.1 Å². The monoisotopic (exact) mass is 459 g/mol. The Bertz CT molecular complexity index is 1220. The fourth-order valence-electron chi connectivity index (χ4n) is 4.86. The van der Waals surface area contributed by atoms with E-state index in [2.05, 4.69) is 45.2 Å². The standard InChI is InChI=1S/C27H30FN5O/c1-17-11-18(2)30-24-16-33(15-23(17)24)27(34)26(28)21-13-32(14-21)22-7-5-19(6-8-22)20-9-10-29-25(12-20)31(3)4/h5-12,21,26H,13-16H2,1-4H3. The summed E-state index contributed by atoms with van der Waals surface area (Å²) in [5, 5.41) is 0. The molecule has 1 atom stereocenters. The Morgan fingerprint density at radius 1 is 1.06 bits per heavy atom. The Labute approximate surface area is 200 Å². The summed E-state index contributed by atoms with van der Waals surface area (Å²) in [6, 6.07) is 14.3. The molecule has 5 rings (SSSR count). The third kappa shape index (κ3) is 4.11. The second-order valence-electron chi connectivity index (χ2n) is 9.61. The van der Waals surface area contributed by atoms with E-state index in [1.54, 1.807) is 4.90 Å². The van der Waals surface area contributed by atoms with Crippen LogP contribution in [-0.4, -0.2) is 54.1 Å². The molecule has 0 saturated carbocycles. The first-order chi connectivity index (χ1) is 16.3. The molecule has 1 aromatic carbocycles. The molecule has 1 fully saturated rings. The van der Waals surface area contributed by atoms with Crippen LogP contribution in [0.1, 0.15) is 22.5 Å². The molecule has 2 aliphatic heterocycles. The van der Waals surface area contributed by atoms with Crippen LogP contribution in [0.2, 0.25) is 0 Å². The van der Waals surface area contributed by atoms with Gasteiger partial charge in [0.25, 0.3) is 5.91 Å². The van der Waals surface area contributed by atoms with Gasteiger partial charge < -0.3 is 14.7 Å². The van der Waals surface area contributed by atoms with Crippen LogP contribution in [0.4, 0.5) is 15.9 Å². The van der Waals surface area contributed by atoms with Crippen LogP contribution in [0.25, 0.3) is 11.1 Å². The SMILES string of the molecule is Cc1cc(C)c2c(n1)CN(C(=O)C(F)C1CN(c3ccc(-c4ccnc(N(C)C)c4)cc3)C1)C2. The molecule has 0 aliphatic carbocycles. The molecule has 4 heterocycles. The molecular formula is C27H30FN5O. The zero-order valence-electron chi connectivity index (χ0n) is 20.1. The number of hydrogen-bond donors (Lipinski definition) is 0. The second kappa shape index (κ2) is 8.70. The Morgan fingerprint density at radius 2 is 1.79 bits per heavy atom. The van der Waals surface area contributed by atoms with E-state index in [9.17, 15) is 4.79 Å². The number of aromatic nitrogens is 2. The van der Waals surface area contributed by atoms with Gasteiger partial charge in [0, 0.05) is 57.2 Å². The van der Waals surface area contributed by atoms with Gasteiger partial charge in [-0.15, -0.1) is 0 Å². The lowest BCUT2D eigenvalue weighted by Crippen LogP contribution is -2.54. The Balaban J connectivity index is 1.19. The molecule has 0 bridgehead atoms. The predicted molar refractivity (Wildman–Crippen MR) is 133 cm³/mol. The summed E-state index contributed by atoms with van der Waals surface area (Å²) in [5.74, 6) is 0.215. The number of rotatable bonds is 5. The Hall–Kier alpha value is -3.48. The summed E-state index contributed by atoms with van der Waals surface area (Å²) >= 11 is 0. The van der Waals surface area contributed by atoms with Gasteiger partial charge in [-0.05, 0) is 66.4 Å². The van der Waals surface area contributed by atoms with Crippen molar-refractivity contribution in [1.29, 1.82) is 0 Å². The average molecular weight is 460 g/mol. The van der Waals surface area contributed by atoms with Crippen molar-refractivity contribution < 1.29 is 9.18 Å². The quantitative estimate of drug-likeness (QED) is 0.574. The number of hydrogen-bond acceptors (Lipinski definition) is 5. The molecular weight excluding hydrogens is 429 g/mol. The van der Waals surface area contributed by atoms with Crippen LogP contribution in [0.15, 0.2) is 48.7 Å². The molecule has 6 nitrogen and oxygen atoms in total. The maximum atomic E-state index is 15.1. The van der Waals surface area contributed by atoms with Crippen molar-refractivity contribution in [2.75, 3.05) is 37.0 Å². The van der Waals surface area contributed by atoms with Crippen molar-refractivity contribution in [3.05, 3.63) is 71.2 Å². The maximum Gasteiger partial charge on any atom is 0.258 e. The van der Waals surface area contributed by atoms with Gasteiger partial charge in [-0.2, -0.15) is 0 Å². The topological polar surface area (TPSA) is 52.6 Å². The molecule has 176 valence electrons. The van der Waals surface area contributed by atoms with Gasteiger partial charge in [-0.25, -0.2) is 9.37 Å². The Kier molecular flexibility index (Phi) is 5.71. The molecule has 0 radical (unpaired) electrons. The molecule has 1 amide bonds. The third-order valence-corrected chi connectivity index (χ3v) is 6.89. The molecule has 2 aliphatic rings. The van der Waals surface area contributed by atoms with Crippen LogP contribution in [0, 0.1) is 19.8 Å². The molecule has 1 saturated heterocycles. The summed E-state index contributed by atoms with van der Waals surface area (Å²) in [6.45, 7) is 5.92. The number of carbonyl (C=O) groups is 1. The van der Waals surface area contributed by atoms with Gasteiger partial charge in [-0.3, -0.25) is 9.78 Å². The van der Waals surface area contributed by atoms with E-state index in [1.165, 1.54) is 0 Å². The van der Waals surface area contributed by atoms with Crippen molar-refractivity contribution in [3.63, 3.8) is 0 Å². The summed E-state index contributed by atoms with van der Waals surface area (Å²) in [5.41, 5.74) is 7.28. The zero-order chi connectivity index (χ0) is 24.0. The Morgan fingerprint density at radius 3 is 2.50 bits per heavy atom. The van der Waals surface area contributed by atoms with Crippen molar-refractivity contribution in [1.82, 2.24) is 14.9 Å². The molecule has 1 unspecified atom stereocenters. The van der Waals surface area contributed by atoms with Gasteiger partial charge in [0.05, 0.1) is 12.2 Å². The van der Waals surface area contributed by atoms with E-state index in [4.69, 9.17) is 0 Å². The number of nitrogens with zero attached hydrogens (tertiary/aromatic N) is 5. The minimum absolute atomic E-state index is 0.283. The van der Waals surface area contributed by atoms with Crippen LogP contribution in [0.3, 0.4) is 0 Å². The highest BCUT2D eigenvalue weighted by molar-refractivity contribution is 5.82. The number of pyridine rings is 2. The summed E-state index contributed by atoms with van der Waals surface area (Å²) in [6.07, 6.45) is 0.335. The number of fused-ring (bicyclic) bond motifs is 1. The van der Waals surface area contributed by atoms with E-state index in [0.29, 0.717) is 26.2 Å². The lowest BCUT2D eigenvalue weighted by molar-refractivity contribution is -0.139. The summed E-state index contributed by atoms with van der Waals surface area (Å²) < 4.78 is 15.1. The number of benzene rings is 1. The fraction of sp³-hybridized carbons (Fsp3) is 0.370. The summed E-state index contributed by atoms with van der Waals surface area (Å²) in [4.78, 5) is 27.5. The molecule has 34 heavy (non-hydrogen) atoms. The largest absolute Gasteiger partial charge is 0.371 e. The highest BCUT2D eigenvalue weighted by Gasteiger charge is 2.41. The lowest BCUT2D eigenvalue weighted by Gasteiger charge is -2.42. The van der Waals surface area contributed by atoms with Crippen LogP contribution in [0.5, 0.6) is 0 Å². The predicted octanol–water partition coefficient (Wildman–Crippen LogP) is 4.14. The van der Waals surface area contributed by atoms with E-state index in [1.807, 2.05) is 51.2 Å². The van der Waals surface area contributed by atoms with Crippen molar-refractivity contribution in [3.8, 4) is 11.1 Å². The highest BCUT2D eigenvalue weighted by atomic mass is 19.1. The normalized spacial score (nSPS) is 16.3. The van der Waals surface area contributed by atoms with Gasteiger partial charge in [0.2, 0.25) is 0 Å². The molecule has 0 spiro atoms. The van der Waals surface area contributed by atoms with Crippen molar-refractivity contribution in [2.45, 2.75) is 33.1 Å². The van der Waals surface area contributed by atoms with Crippen molar-refractivity contribution >= 4 is 17.4 Å². The minimum Gasteiger partial charge on any atom is -0.371 e. The first kappa shape index (κ1) is 22.3. The molecule has 7 heteroatoms. The number of alkyl halides is 1. The van der Waals surface area contributed by atoms with Crippen LogP contribution < -0.4 is 9.80 Å². The number of anilines is 2. The molecule has 2 aromatic heterocycles. The number of carbonyl (C=O) groups excluding carboxylic acids is 1. The van der Waals surface area contributed by atoms with Gasteiger partial charge in [-0.1, -0.05) is 12.1 Å². The average Bonchev–Trinajstić information content (AvgIpc) is 3.22. The fourth-order valence-corrected chi connectivity index (χ4v) is 4.86. The molecule has 0 N–H and O–H groups in total. The lowest BCUT2D eigenvalue weighted by atomic mass is 9.92. The highest BCUT2D eigenvalue weighted by Crippen LogP contribution is 2.33. The first-order valence-corrected chi connectivity index (χ1v) is 11.7. The van der Waals surface area contributed by atoms with Gasteiger partial charge in [0.15, 0.2) is 6.17 Å². The second-order valence-corrected chi connectivity index (χ2v) is 9.61. The number of halogens is 1. The smallest absolute Gasteiger partial charge is 0.258 e. The van der Waals surface area contributed by atoms with E-state index >= 15 is 4.39 Å². The summed E-state index contributed by atoms with van der Waals surface area (Å²) in [7, 11) is 3.94. The van der Waals surface area contributed by atoms with Gasteiger partial charge >= 0.3 is 0 Å². The first-order valence-electron chi connectivity index (χ1n) is 11.7. The minimum atomic E-state index is -1.48. The number of amides is 1. The van der Waals surface area contributed by atoms with Crippen LogP contribution in [-0.2, 0) is 17.9 Å². The van der Waals surface area contributed by atoms with Crippen LogP contribution >= 0.6 is 0 Å². The maximum absolute atomic E-state index is 15.1. The zero-order valence-corrected chi connectivity index (χ0v) is 20.1. The number of aryl methyl sites for hydroxylation is 2. The van der Waals surface area contributed by atoms with E-state index in [0.717, 1.165) is 45.1 Å². The third-order valence-electron chi connectivity index (χ3n) is 6.89.